The smallest absolute Gasteiger partial charge is 0.252 e. The van der Waals surface area contributed by atoms with Gasteiger partial charge in [0.15, 0.2) is 0 Å². The van der Waals surface area contributed by atoms with Crippen molar-refractivity contribution in [2.75, 3.05) is 13.2 Å². The van der Waals surface area contributed by atoms with Gasteiger partial charge in [-0.3, -0.25) is 9.78 Å². The largest absolute Gasteiger partial charge is 0.395 e. The van der Waals surface area contributed by atoms with Crippen LogP contribution in [0.5, 0.6) is 0 Å². The summed E-state index contributed by atoms with van der Waals surface area (Å²) in [6.07, 6.45) is 8.44. The van der Waals surface area contributed by atoms with E-state index < -0.39 is 0 Å². The minimum absolute atomic E-state index is 0.0210. The molecule has 1 aliphatic carbocycles. The average molecular weight is 286 g/mol. The Morgan fingerprint density at radius 1 is 1.48 bits per heavy atom. The normalized spacial score (nSPS) is 16.1. The maximum atomic E-state index is 12.3. The van der Waals surface area contributed by atoms with E-state index in [4.69, 9.17) is 5.11 Å². The summed E-state index contributed by atoms with van der Waals surface area (Å²) in [4.78, 5) is 16.4. The molecule has 1 aliphatic rings. The fraction of sp³-hybridized carbons (Fsp3) is 0.529. The number of aliphatic hydroxyl groups is 1. The zero-order valence-electron chi connectivity index (χ0n) is 12.5. The zero-order chi connectivity index (χ0) is 15.1. The number of aromatic nitrogens is 1. The average Bonchev–Trinajstić information content (AvgIpc) is 2.93. The first kappa shape index (κ1) is 15.5. The molecular formula is C17H22N2O2. The molecule has 0 aromatic carbocycles. The lowest BCUT2D eigenvalue weighted by atomic mass is 9.89. The highest BCUT2D eigenvalue weighted by atomic mass is 16.2. The van der Waals surface area contributed by atoms with Crippen LogP contribution in [0.3, 0.4) is 0 Å². The number of aliphatic hydroxyl groups excluding tert-OH is 1. The van der Waals surface area contributed by atoms with Crippen LogP contribution in [-0.2, 0) is 0 Å². The summed E-state index contributed by atoms with van der Waals surface area (Å²) in [5, 5.41) is 11.8. The number of rotatable bonds is 4. The summed E-state index contributed by atoms with van der Waals surface area (Å²) in [6.45, 7) is 2.96. The second-order valence-electron chi connectivity index (χ2n) is 5.90. The standard InChI is InChI=1S/C17H22N2O2/c1-17(8-3-4-9-17)13-19-16(21)15-7-10-18-12-14(15)6-2-5-11-20/h7,10,12,20H,3-5,8-9,11,13H2,1H3,(H,19,21). The number of carbonyl (C=O) groups is 1. The van der Waals surface area contributed by atoms with Crippen molar-refractivity contribution in [2.24, 2.45) is 5.41 Å². The molecule has 2 N–H and O–H groups in total. The zero-order valence-corrected chi connectivity index (χ0v) is 12.5. The molecule has 4 nitrogen and oxygen atoms in total. The molecule has 1 amide bonds. The number of hydrogen-bond donors (Lipinski definition) is 2. The van der Waals surface area contributed by atoms with E-state index in [1.54, 1.807) is 18.5 Å². The van der Waals surface area contributed by atoms with Crippen LogP contribution in [-0.4, -0.2) is 29.1 Å². The van der Waals surface area contributed by atoms with Crippen LogP contribution in [0.15, 0.2) is 18.5 Å². The van der Waals surface area contributed by atoms with E-state index in [1.807, 2.05) is 0 Å². The highest BCUT2D eigenvalue weighted by Crippen LogP contribution is 2.36. The Bertz CT molecular complexity index is 551. The van der Waals surface area contributed by atoms with Gasteiger partial charge in [0.2, 0.25) is 0 Å². The van der Waals surface area contributed by atoms with E-state index in [1.165, 1.54) is 25.7 Å². The quantitative estimate of drug-likeness (QED) is 0.833. The van der Waals surface area contributed by atoms with Gasteiger partial charge in [-0.1, -0.05) is 31.6 Å². The lowest BCUT2D eigenvalue weighted by Crippen LogP contribution is -2.34. The second-order valence-corrected chi connectivity index (χ2v) is 5.90. The molecule has 0 saturated heterocycles. The first-order chi connectivity index (χ1) is 10.1. The molecule has 0 radical (unpaired) electrons. The van der Waals surface area contributed by atoms with Crippen molar-refractivity contribution in [3.05, 3.63) is 29.6 Å². The third-order valence-electron chi connectivity index (χ3n) is 4.01. The molecule has 1 fully saturated rings. The van der Waals surface area contributed by atoms with Crippen LogP contribution in [0.1, 0.15) is 54.9 Å². The monoisotopic (exact) mass is 286 g/mol. The summed E-state index contributed by atoms with van der Waals surface area (Å²) in [6, 6.07) is 1.69. The Kier molecular flexibility index (Phi) is 5.35. The Hall–Kier alpha value is -1.86. The topological polar surface area (TPSA) is 62.2 Å². The third-order valence-corrected chi connectivity index (χ3v) is 4.01. The second kappa shape index (κ2) is 7.24. The number of carbonyl (C=O) groups excluding carboxylic acids is 1. The van der Waals surface area contributed by atoms with E-state index in [-0.39, 0.29) is 17.9 Å². The Morgan fingerprint density at radius 2 is 2.24 bits per heavy atom. The van der Waals surface area contributed by atoms with Gasteiger partial charge in [0.05, 0.1) is 17.7 Å². The summed E-state index contributed by atoms with van der Waals surface area (Å²) in [5.74, 6) is 5.63. The van der Waals surface area contributed by atoms with Crippen LogP contribution in [0.25, 0.3) is 0 Å². The lowest BCUT2D eigenvalue weighted by Gasteiger charge is -2.23. The number of amides is 1. The van der Waals surface area contributed by atoms with Gasteiger partial charge in [0.1, 0.15) is 0 Å². The molecule has 0 unspecified atom stereocenters. The molecule has 0 aliphatic heterocycles. The van der Waals surface area contributed by atoms with E-state index in [0.29, 0.717) is 24.1 Å². The first-order valence-electron chi connectivity index (χ1n) is 7.47. The molecule has 21 heavy (non-hydrogen) atoms. The van der Waals surface area contributed by atoms with Crippen molar-refractivity contribution in [3.63, 3.8) is 0 Å². The third kappa shape index (κ3) is 4.30. The van der Waals surface area contributed by atoms with Crippen LogP contribution in [0.2, 0.25) is 0 Å². The number of nitrogens with zero attached hydrogens (tertiary/aromatic N) is 1. The minimum Gasteiger partial charge on any atom is -0.395 e. The summed E-state index contributed by atoms with van der Waals surface area (Å²) in [7, 11) is 0. The summed E-state index contributed by atoms with van der Waals surface area (Å²) in [5.41, 5.74) is 1.39. The molecule has 0 spiro atoms. The predicted octanol–water partition coefficient (Wildman–Crippen LogP) is 2.13. The maximum absolute atomic E-state index is 12.3. The molecule has 1 heterocycles. The molecular weight excluding hydrogens is 264 g/mol. The SMILES string of the molecule is CC1(CNC(=O)c2ccncc2C#CCCO)CCCC1. The van der Waals surface area contributed by atoms with E-state index in [9.17, 15) is 4.79 Å². The van der Waals surface area contributed by atoms with Crippen molar-refractivity contribution in [3.8, 4) is 11.8 Å². The van der Waals surface area contributed by atoms with Gasteiger partial charge in [0.25, 0.3) is 5.91 Å². The molecule has 1 aromatic heterocycles. The number of hydrogen-bond acceptors (Lipinski definition) is 3. The molecule has 0 bridgehead atoms. The first-order valence-corrected chi connectivity index (χ1v) is 7.47. The summed E-state index contributed by atoms with van der Waals surface area (Å²) >= 11 is 0. The van der Waals surface area contributed by atoms with Gasteiger partial charge in [-0.05, 0) is 24.3 Å². The Labute approximate surface area is 126 Å². The number of pyridine rings is 1. The van der Waals surface area contributed by atoms with Crippen molar-refractivity contribution in [1.29, 1.82) is 0 Å². The van der Waals surface area contributed by atoms with Crippen molar-refractivity contribution >= 4 is 5.91 Å². The molecule has 112 valence electrons. The lowest BCUT2D eigenvalue weighted by molar-refractivity contribution is 0.0934. The van der Waals surface area contributed by atoms with Gasteiger partial charge in [-0.25, -0.2) is 0 Å². The van der Waals surface area contributed by atoms with E-state index in [0.717, 1.165) is 0 Å². The van der Waals surface area contributed by atoms with Gasteiger partial charge >= 0.3 is 0 Å². The van der Waals surface area contributed by atoms with E-state index in [2.05, 4.69) is 29.1 Å². The van der Waals surface area contributed by atoms with Gasteiger partial charge < -0.3 is 10.4 Å². The van der Waals surface area contributed by atoms with Crippen LogP contribution >= 0.6 is 0 Å². The molecule has 0 atom stereocenters. The van der Waals surface area contributed by atoms with Gasteiger partial charge in [-0.15, -0.1) is 0 Å². The van der Waals surface area contributed by atoms with Crippen LogP contribution in [0.4, 0.5) is 0 Å². The highest BCUT2D eigenvalue weighted by Gasteiger charge is 2.29. The van der Waals surface area contributed by atoms with Crippen LogP contribution < -0.4 is 5.32 Å². The molecule has 4 heteroatoms. The molecule has 2 rings (SSSR count). The molecule has 1 saturated carbocycles. The van der Waals surface area contributed by atoms with Crippen LogP contribution in [0, 0.1) is 17.3 Å². The fourth-order valence-electron chi connectivity index (χ4n) is 2.70. The molecule has 1 aromatic rings. The van der Waals surface area contributed by atoms with Crippen molar-refractivity contribution in [2.45, 2.75) is 39.0 Å². The van der Waals surface area contributed by atoms with Gasteiger partial charge in [0, 0.05) is 25.4 Å². The van der Waals surface area contributed by atoms with Crippen molar-refractivity contribution in [1.82, 2.24) is 10.3 Å². The van der Waals surface area contributed by atoms with Gasteiger partial charge in [-0.2, -0.15) is 0 Å². The highest BCUT2D eigenvalue weighted by molar-refractivity contribution is 5.96. The fourth-order valence-corrected chi connectivity index (χ4v) is 2.70. The van der Waals surface area contributed by atoms with Crippen molar-refractivity contribution < 1.29 is 9.90 Å². The Morgan fingerprint density at radius 3 is 2.95 bits per heavy atom. The maximum Gasteiger partial charge on any atom is 0.252 e. The van der Waals surface area contributed by atoms with E-state index >= 15 is 0 Å². The summed E-state index contributed by atoms with van der Waals surface area (Å²) < 4.78 is 0. The Balaban J connectivity index is 2.03. The minimum atomic E-state index is -0.0983. The number of nitrogens with one attached hydrogen (secondary N) is 1. The predicted molar refractivity (Wildman–Crippen MR) is 81.7 cm³/mol.